The van der Waals surface area contributed by atoms with Gasteiger partial charge in [-0.2, -0.15) is 9.97 Å². The minimum Gasteiger partial charge on any atom is -0.461 e. The molecule has 0 unspecified atom stereocenters. The van der Waals surface area contributed by atoms with E-state index in [1.807, 2.05) is 19.9 Å². The summed E-state index contributed by atoms with van der Waals surface area (Å²) in [6.45, 7) is 7.82. The van der Waals surface area contributed by atoms with Crippen LogP contribution in [0, 0.1) is 0 Å². The van der Waals surface area contributed by atoms with Crippen molar-refractivity contribution in [2.75, 3.05) is 38.0 Å². The Bertz CT molecular complexity index is 934. The number of carbonyl (C=O) groups excluding carboxylic acids is 1. The number of fused-ring (bicyclic) bond motifs is 1. The molecule has 3 heterocycles. The first-order valence-electron chi connectivity index (χ1n) is 11.2. The second-order valence-corrected chi connectivity index (χ2v) is 8.70. The molecule has 1 aromatic carbocycles. The van der Waals surface area contributed by atoms with Crippen LogP contribution in [0.1, 0.15) is 35.5 Å². The number of aliphatic hydroxyl groups is 1. The van der Waals surface area contributed by atoms with Crippen LogP contribution in [0.15, 0.2) is 30.3 Å². The zero-order valence-corrected chi connectivity index (χ0v) is 18.7. The lowest BCUT2D eigenvalue weighted by atomic mass is 10.00. The molecule has 1 atom stereocenters. The summed E-state index contributed by atoms with van der Waals surface area (Å²) in [6.07, 6.45) is 0.195. The molecule has 0 radical (unpaired) electrons. The Morgan fingerprint density at radius 1 is 1.28 bits per heavy atom. The quantitative estimate of drug-likeness (QED) is 0.453. The molecular weight excluding hydrogens is 408 g/mol. The monoisotopic (exact) mass is 440 g/mol. The van der Waals surface area contributed by atoms with Gasteiger partial charge in [0.25, 0.3) is 5.91 Å². The number of aromatic nitrogens is 2. The number of carbonyl (C=O) groups is 1. The number of hydrogen-bond donors (Lipinski definition) is 4. The molecule has 2 aliphatic rings. The van der Waals surface area contributed by atoms with Crippen LogP contribution < -0.4 is 20.7 Å². The Morgan fingerprint density at radius 3 is 2.78 bits per heavy atom. The van der Waals surface area contributed by atoms with E-state index in [0.717, 1.165) is 32.6 Å². The number of anilines is 1. The molecule has 2 aromatic rings. The molecule has 1 aromatic heterocycles. The third-order valence-corrected chi connectivity index (χ3v) is 5.59. The molecule has 1 amide bonds. The van der Waals surface area contributed by atoms with Crippen LogP contribution in [0.2, 0.25) is 0 Å². The topological polar surface area (TPSA) is 112 Å². The van der Waals surface area contributed by atoms with Crippen molar-refractivity contribution in [3.8, 4) is 6.01 Å². The normalized spacial score (nSPS) is 17.4. The van der Waals surface area contributed by atoms with E-state index >= 15 is 0 Å². The van der Waals surface area contributed by atoms with Gasteiger partial charge in [-0.05, 0) is 31.4 Å². The molecule has 1 saturated heterocycles. The predicted octanol–water partition coefficient (Wildman–Crippen LogP) is 0.797. The van der Waals surface area contributed by atoms with Crippen LogP contribution in [0.3, 0.4) is 0 Å². The molecule has 0 aliphatic carbocycles. The molecule has 32 heavy (non-hydrogen) atoms. The predicted molar refractivity (Wildman–Crippen MR) is 122 cm³/mol. The van der Waals surface area contributed by atoms with Crippen molar-refractivity contribution >= 4 is 11.7 Å². The first-order chi connectivity index (χ1) is 15.5. The first kappa shape index (κ1) is 22.4. The molecule has 172 valence electrons. The van der Waals surface area contributed by atoms with Crippen molar-refractivity contribution < 1.29 is 14.6 Å². The highest BCUT2D eigenvalue weighted by Gasteiger charge is 2.21. The van der Waals surface area contributed by atoms with E-state index in [-0.39, 0.29) is 36.3 Å². The maximum absolute atomic E-state index is 12.7. The molecule has 1 fully saturated rings. The van der Waals surface area contributed by atoms with Gasteiger partial charge < -0.3 is 25.8 Å². The van der Waals surface area contributed by atoms with Crippen LogP contribution in [-0.4, -0.2) is 76.9 Å². The summed E-state index contributed by atoms with van der Waals surface area (Å²) in [4.78, 5) is 23.6. The summed E-state index contributed by atoms with van der Waals surface area (Å²) in [5.74, 6) is 0.193. The number of hydrogen-bond acceptors (Lipinski definition) is 8. The highest BCUT2D eigenvalue weighted by molar-refractivity contribution is 5.93. The number of ether oxygens (including phenoxy) is 1. The van der Waals surface area contributed by atoms with Gasteiger partial charge in [0.15, 0.2) is 0 Å². The van der Waals surface area contributed by atoms with E-state index in [0.29, 0.717) is 12.4 Å². The summed E-state index contributed by atoms with van der Waals surface area (Å²) in [5.41, 5.74) is 2.89. The van der Waals surface area contributed by atoms with Gasteiger partial charge in [0.05, 0.1) is 18.2 Å². The van der Waals surface area contributed by atoms with Gasteiger partial charge in [-0.1, -0.05) is 24.3 Å². The van der Waals surface area contributed by atoms with Crippen molar-refractivity contribution in [1.29, 1.82) is 0 Å². The molecule has 2 aliphatic heterocycles. The van der Waals surface area contributed by atoms with E-state index in [2.05, 4.69) is 49.0 Å². The highest BCUT2D eigenvalue weighted by atomic mass is 16.5. The molecular formula is C23H32N6O3. The molecule has 4 rings (SSSR count). The first-order valence-corrected chi connectivity index (χ1v) is 11.2. The van der Waals surface area contributed by atoms with E-state index in [9.17, 15) is 9.90 Å². The lowest BCUT2D eigenvalue weighted by Crippen LogP contribution is -2.51. The van der Waals surface area contributed by atoms with Crippen molar-refractivity contribution in [2.45, 2.75) is 45.1 Å². The Labute approximate surface area is 188 Å². The lowest BCUT2D eigenvalue weighted by Gasteiger charge is -2.30. The summed E-state index contributed by atoms with van der Waals surface area (Å²) in [6, 6.07) is 10.4. The Balaban J connectivity index is 1.33. The smallest absolute Gasteiger partial charge is 0.319 e. The average Bonchev–Trinajstić information content (AvgIpc) is 2.74. The van der Waals surface area contributed by atoms with Crippen LogP contribution in [0.5, 0.6) is 6.01 Å². The number of nitrogens with one attached hydrogen (secondary N) is 3. The summed E-state index contributed by atoms with van der Waals surface area (Å²) < 4.78 is 5.62. The van der Waals surface area contributed by atoms with Gasteiger partial charge in [0.2, 0.25) is 0 Å². The standard InChI is InChI=1S/C23H32N6O3/c1-15(2)32-23-27-20(9-21(28-23)26-18-10-24-11-18)22(31)25-12-19(30)14-29-8-7-16-5-3-4-6-17(16)13-29/h3-6,9,15,18-19,24,30H,7-8,10-14H2,1-2H3,(H,25,31)(H,26,27,28)/t19-/m0/s1. The third kappa shape index (κ3) is 5.93. The van der Waals surface area contributed by atoms with Crippen LogP contribution in [0.25, 0.3) is 0 Å². The Kier molecular flexibility index (Phi) is 7.19. The molecule has 0 saturated carbocycles. The van der Waals surface area contributed by atoms with Crippen LogP contribution >= 0.6 is 0 Å². The third-order valence-electron chi connectivity index (χ3n) is 5.59. The molecule has 9 nitrogen and oxygen atoms in total. The van der Waals surface area contributed by atoms with E-state index in [1.165, 1.54) is 11.1 Å². The van der Waals surface area contributed by atoms with Gasteiger partial charge in [0, 0.05) is 45.3 Å². The van der Waals surface area contributed by atoms with E-state index < -0.39 is 6.10 Å². The molecule has 9 heteroatoms. The number of nitrogens with zero attached hydrogens (tertiary/aromatic N) is 3. The summed E-state index contributed by atoms with van der Waals surface area (Å²) in [5, 5.41) is 19.8. The number of β-amino-alcohol motifs (C(OH)–C–C–N with tert-alkyl or cyclic N) is 1. The average molecular weight is 441 g/mol. The minimum absolute atomic E-state index is 0.108. The van der Waals surface area contributed by atoms with Crippen LogP contribution in [0.4, 0.5) is 5.82 Å². The van der Waals surface area contributed by atoms with E-state index in [4.69, 9.17) is 4.74 Å². The fourth-order valence-electron chi connectivity index (χ4n) is 3.85. The Hall–Kier alpha value is -2.75. The lowest BCUT2D eigenvalue weighted by molar-refractivity contribution is 0.0836. The number of aliphatic hydroxyl groups excluding tert-OH is 1. The second kappa shape index (κ2) is 10.2. The number of amides is 1. The van der Waals surface area contributed by atoms with Gasteiger partial charge in [-0.3, -0.25) is 9.69 Å². The summed E-state index contributed by atoms with van der Waals surface area (Å²) >= 11 is 0. The van der Waals surface area contributed by atoms with Crippen molar-refractivity contribution in [3.05, 3.63) is 47.2 Å². The molecule has 0 spiro atoms. The molecule has 0 bridgehead atoms. The van der Waals surface area contributed by atoms with Gasteiger partial charge in [0.1, 0.15) is 11.5 Å². The van der Waals surface area contributed by atoms with Gasteiger partial charge in [-0.15, -0.1) is 0 Å². The van der Waals surface area contributed by atoms with Crippen molar-refractivity contribution in [2.24, 2.45) is 0 Å². The fraction of sp³-hybridized carbons (Fsp3) is 0.522. The van der Waals surface area contributed by atoms with Gasteiger partial charge in [-0.25, -0.2) is 0 Å². The zero-order chi connectivity index (χ0) is 22.5. The molecule has 4 N–H and O–H groups in total. The summed E-state index contributed by atoms with van der Waals surface area (Å²) in [7, 11) is 0. The van der Waals surface area contributed by atoms with Gasteiger partial charge >= 0.3 is 6.01 Å². The number of benzene rings is 1. The Morgan fingerprint density at radius 2 is 2.06 bits per heavy atom. The maximum Gasteiger partial charge on any atom is 0.319 e. The van der Waals surface area contributed by atoms with Crippen molar-refractivity contribution in [1.82, 2.24) is 25.5 Å². The largest absolute Gasteiger partial charge is 0.461 e. The SMILES string of the molecule is CC(C)Oc1nc(NC2CNC2)cc(C(=O)NC[C@H](O)CN2CCc3ccccc3C2)n1. The minimum atomic E-state index is -0.670. The second-order valence-electron chi connectivity index (χ2n) is 8.70. The van der Waals surface area contributed by atoms with Crippen LogP contribution in [-0.2, 0) is 13.0 Å². The highest BCUT2D eigenvalue weighted by Crippen LogP contribution is 2.19. The fourth-order valence-corrected chi connectivity index (χ4v) is 3.85. The van der Waals surface area contributed by atoms with Crippen molar-refractivity contribution in [3.63, 3.8) is 0 Å². The van der Waals surface area contributed by atoms with E-state index in [1.54, 1.807) is 6.07 Å². The zero-order valence-electron chi connectivity index (χ0n) is 18.7. The number of rotatable bonds is 9. The maximum atomic E-state index is 12.7.